The molecule has 0 amide bonds. The van der Waals surface area contributed by atoms with Gasteiger partial charge in [-0.3, -0.25) is 0 Å². The number of benzene rings is 1. The molecule has 0 aliphatic heterocycles. The fourth-order valence-electron chi connectivity index (χ4n) is 1.20. The molecule has 0 heterocycles. The number of rotatable bonds is 5. The number of aliphatic hydroxyl groups is 2. The van der Waals surface area contributed by atoms with Crippen LogP contribution in [0.2, 0.25) is 5.02 Å². The van der Waals surface area contributed by atoms with Gasteiger partial charge in [-0.25, -0.2) is 0 Å². The van der Waals surface area contributed by atoms with Gasteiger partial charge in [0.1, 0.15) is 0 Å². The zero-order valence-corrected chi connectivity index (χ0v) is 10.1. The van der Waals surface area contributed by atoms with E-state index in [1.54, 1.807) is 11.8 Å². The van der Waals surface area contributed by atoms with Gasteiger partial charge >= 0.3 is 0 Å². The standard InChI is InChI=1S/C11H15ClO2S/c1-8(15-7-9(14)6-13)10-4-2-3-5-11(10)12/h2-5,8-9,13-14H,6-7H2,1H3/t8-,9-/m1/s1. The Balaban J connectivity index is 2.54. The highest BCUT2D eigenvalue weighted by Gasteiger charge is 2.11. The van der Waals surface area contributed by atoms with Crippen molar-refractivity contribution in [1.29, 1.82) is 0 Å². The zero-order chi connectivity index (χ0) is 11.3. The number of thioether (sulfide) groups is 1. The van der Waals surface area contributed by atoms with Gasteiger partial charge in [-0.2, -0.15) is 11.8 Å². The van der Waals surface area contributed by atoms with Gasteiger partial charge in [0.2, 0.25) is 0 Å². The zero-order valence-electron chi connectivity index (χ0n) is 8.56. The van der Waals surface area contributed by atoms with Gasteiger partial charge in [0.15, 0.2) is 0 Å². The molecule has 0 saturated carbocycles. The number of halogens is 1. The van der Waals surface area contributed by atoms with Crippen LogP contribution in [0.5, 0.6) is 0 Å². The molecule has 1 aromatic rings. The second kappa shape index (κ2) is 6.38. The molecule has 0 aromatic heterocycles. The van der Waals surface area contributed by atoms with Gasteiger partial charge in [-0.05, 0) is 18.6 Å². The molecule has 1 aromatic carbocycles. The summed E-state index contributed by atoms with van der Waals surface area (Å²) >= 11 is 7.62. The van der Waals surface area contributed by atoms with Gasteiger partial charge in [0.25, 0.3) is 0 Å². The SMILES string of the molecule is C[C@@H](SC[C@H](O)CO)c1ccccc1Cl. The predicted molar refractivity (Wildman–Crippen MR) is 65.4 cm³/mol. The molecule has 84 valence electrons. The Bertz CT molecular complexity index is 306. The van der Waals surface area contributed by atoms with E-state index in [1.807, 2.05) is 31.2 Å². The fraction of sp³-hybridized carbons (Fsp3) is 0.455. The maximum atomic E-state index is 9.22. The highest BCUT2D eigenvalue weighted by molar-refractivity contribution is 7.99. The summed E-state index contributed by atoms with van der Waals surface area (Å²) in [7, 11) is 0. The van der Waals surface area contributed by atoms with Crippen LogP contribution in [-0.2, 0) is 0 Å². The van der Waals surface area contributed by atoms with E-state index < -0.39 is 6.10 Å². The van der Waals surface area contributed by atoms with E-state index in [4.69, 9.17) is 16.7 Å². The monoisotopic (exact) mass is 246 g/mol. The molecule has 0 unspecified atom stereocenters. The molecule has 1 rings (SSSR count). The fourth-order valence-corrected chi connectivity index (χ4v) is 2.57. The van der Waals surface area contributed by atoms with Crippen LogP contribution in [0.3, 0.4) is 0 Å². The van der Waals surface area contributed by atoms with Crippen LogP contribution in [0.15, 0.2) is 24.3 Å². The van der Waals surface area contributed by atoms with E-state index >= 15 is 0 Å². The maximum absolute atomic E-state index is 9.22. The van der Waals surface area contributed by atoms with Crippen LogP contribution >= 0.6 is 23.4 Å². The lowest BCUT2D eigenvalue weighted by molar-refractivity contribution is 0.113. The molecule has 0 aliphatic rings. The van der Waals surface area contributed by atoms with E-state index in [1.165, 1.54) is 0 Å². The summed E-state index contributed by atoms with van der Waals surface area (Å²) in [5.74, 6) is 0.517. The number of hydrogen-bond acceptors (Lipinski definition) is 3. The van der Waals surface area contributed by atoms with Crippen LogP contribution in [0.1, 0.15) is 17.7 Å². The van der Waals surface area contributed by atoms with Crippen LogP contribution in [0.4, 0.5) is 0 Å². The topological polar surface area (TPSA) is 40.5 Å². The Kier molecular flexibility index (Phi) is 5.47. The van der Waals surface area contributed by atoms with E-state index in [0.29, 0.717) is 5.75 Å². The van der Waals surface area contributed by atoms with Crippen molar-refractivity contribution in [2.75, 3.05) is 12.4 Å². The molecule has 0 spiro atoms. The maximum Gasteiger partial charge on any atom is 0.0861 e. The van der Waals surface area contributed by atoms with Crippen molar-refractivity contribution in [3.05, 3.63) is 34.9 Å². The van der Waals surface area contributed by atoms with E-state index in [2.05, 4.69) is 0 Å². The summed E-state index contributed by atoms with van der Waals surface area (Å²) in [5.41, 5.74) is 1.06. The van der Waals surface area contributed by atoms with Crippen molar-refractivity contribution >= 4 is 23.4 Å². The Morgan fingerprint density at radius 2 is 2.07 bits per heavy atom. The molecule has 0 saturated heterocycles. The summed E-state index contributed by atoms with van der Waals surface area (Å²) in [6, 6.07) is 7.67. The lowest BCUT2D eigenvalue weighted by Gasteiger charge is -2.14. The summed E-state index contributed by atoms with van der Waals surface area (Å²) in [5, 5.41) is 18.9. The molecule has 0 aliphatic carbocycles. The van der Waals surface area contributed by atoms with E-state index in [9.17, 15) is 5.11 Å². The minimum absolute atomic E-state index is 0.192. The molecule has 15 heavy (non-hydrogen) atoms. The first kappa shape index (κ1) is 12.8. The first-order valence-electron chi connectivity index (χ1n) is 4.80. The largest absolute Gasteiger partial charge is 0.394 e. The first-order chi connectivity index (χ1) is 7.15. The van der Waals surface area contributed by atoms with Crippen LogP contribution in [0.25, 0.3) is 0 Å². The molecular formula is C11H15ClO2S. The first-order valence-corrected chi connectivity index (χ1v) is 6.22. The van der Waals surface area contributed by atoms with Crippen molar-refractivity contribution in [2.24, 2.45) is 0 Å². The Morgan fingerprint density at radius 1 is 1.40 bits per heavy atom. The van der Waals surface area contributed by atoms with Crippen LogP contribution in [-0.4, -0.2) is 28.7 Å². The minimum atomic E-state index is -0.653. The lowest BCUT2D eigenvalue weighted by Crippen LogP contribution is -2.15. The third-order valence-corrected chi connectivity index (χ3v) is 3.77. The van der Waals surface area contributed by atoms with E-state index in [0.717, 1.165) is 10.6 Å². The second-order valence-electron chi connectivity index (χ2n) is 3.33. The van der Waals surface area contributed by atoms with Crippen LogP contribution in [0, 0.1) is 0 Å². The quantitative estimate of drug-likeness (QED) is 0.839. The number of hydrogen-bond donors (Lipinski definition) is 2. The Morgan fingerprint density at radius 3 is 2.67 bits per heavy atom. The Hall–Kier alpha value is -0.220. The second-order valence-corrected chi connectivity index (χ2v) is 5.11. The molecule has 2 N–H and O–H groups in total. The van der Waals surface area contributed by atoms with Gasteiger partial charge in [-0.15, -0.1) is 0 Å². The molecule has 2 nitrogen and oxygen atoms in total. The van der Waals surface area contributed by atoms with Crippen molar-refractivity contribution < 1.29 is 10.2 Å². The summed E-state index contributed by atoms with van der Waals surface area (Å²) in [6.45, 7) is 1.85. The van der Waals surface area contributed by atoms with Crippen molar-refractivity contribution in [3.63, 3.8) is 0 Å². The van der Waals surface area contributed by atoms with E-state index in [-0.39, 0.29) is 11.9 Å². The highest BCUT2D eigenvalue weighted by atomic mass is 35.5. The van der Waals surface area contributed by atoms with Gasteiger partial charge < -0.3 is 10.2 Å². The summed E-state index contributed by atoms with van der Waals surface area (Å²) in [6.07, 6.45) is -0.653. The van der Waals surface area contributed by atoms with Crippen molar-refractivity contribution in [3.8, 4) is 0 Å². The smallest absolute Gasteiger partial charge is 0.0861 e. The molecule has 0 radical (unpaired) electrons. The molecule has 0 fully saturated rings. The van der Waals surface area contributed by atoms with Crippen LogP contribution < -0.4 is 0 Å². The third kappa shape index (κ3) is 4.03. The molecule has 2 atom stereocenters. The van der Waals surface area contributed by atoms with Gasteiger partial charge in [0.05, 0.1) is 12.7 Å². The van der Waals surface area contributed by atoms with Gasteiger partial charge in [-0.1, -0.05) is 29.8 Å². The molecular weight excluding hydrogens is 232 g/mol. The summed E-state index contributed by atoms with van der Waals surface area (Å²) in [4.78, 5) is 0. The van der Waals surface area contributed by atoms with Gasteiger partial charge in [0, 0.05) is 16.0 Å². The lowest BCUT2D eigenvalue weighted by atomic mass is 10.2. The predicted octanol–water partition coefficient (Wildman–Crippen LogP) is 2.49. The third-order valence-electron chi connectivity index (χ3n) is 2.09. The Labute approximate surface area is 99.3 Å². The molecule has 0 bridgehead atoms. The molecule has 4 heteroatoms. The van der Waals surface area contributed by atoms with Crippen molar-refractivity contribution in [1.82, 2.24) is 0 Å². The average Bonchev–Trinajstić information content (AvgIpc) is 2.26. The normalized spacial score (nSPS) is 14.9. The van der Waals surface area contributed by atoms with Crippen molar-refractivity contribution in [2.45, 2.75) is 18.3 Å². The minimum Gasteiger partial charge on any atom is -0.394 e. The highest BCUT2D eigenvalue weighted by Crippen LogP contribution is 2.32. The number of aliphatic hydroxyl groups excluding tert-OH is 2. The average molecular weight is 247 g/mol. The summed E-state index contributed by atoms with van der Waals surface area (Å²) < 4.78 is 0.